The van der Waals surface area contributed by atoms with Crippen molar-refractivity contribution in [3.63, 3.8) is 0 Å². The predicted molar refractivity (Wildman–Crippen MR) is 110 cm³/mol. The molecule has 0 spiro atoms. The van der Waals surface area contributed by atoms with Crippen molar-refractivity contribution in [1.29, 1.82) is 0 Å². The molecule has 0 radical (unpaired) electrons. The summed E-state index contributed by atoms with van der Waals surface area (Å²) in [4.78, 5) is 32.5. The number of rotatable bonds is 6. The molecule has 0 aliphatic carbocycles. The number of pyridine rings is 1. The molecule has 0 atom stereocenters. The van der Waals surface area contributed by atoms with E-state index in [0.717, 1.165) is 9.82 Å². The molecule has 0 saturated carbocycles. The zero-order valence-electron chi connectivity index (χ0n) is 16.8. The molecule has 3 aromatic rings. The number of nitrogens with one attached hydrogen (secondary N) is 2. The summed E-state index contributed by atoms with van der Waals surface area (Å²) in [5, 5.41) is 0. The highest BCUT2D eigenvalue weighted by molar-refractivity contribution is 7.89. The van der Waals surface area contributed by atoms with E-state index >= 15 is 0 Å². The number of sulfonamides is 1. The van der Waals surface area contributed by atoms with Gasteiger partial charge in [-0.3, -0.25) is 25.4 Å². The van der Waals surface area contributed by atoms with Gasteiger partial charge in [-0.25, -0.2) is 17.7 Å². The summed E-state index contributed by atoms with van der Waals surface area (Å²) in [6, 6.07) is 9.63. The van der Waals surface area contributed by atoms with Gasteiger partial charge < -0.3 is 4.57 Å². The summed E-state index contributed by atoms with van der Waals surface area (Å²) in [6.07, 6.45) is 1.88. The fraction of sp³-hybridized carbons (Fsp3) is 0.263. The van der Waals surface area contributed by atoms with E-state index in [2.05, 4.69) is 20.8 Å². The average molecular weight is 430 g/mol. The third kappa shape index (κ3) is 4.47. The fourth-order valence-electron chi connectivity index (χ4n) is 2.80. The Morgan fingerprint density at radius 2 is 1.90 bits per heavy atom. The zero-order valence-corrected chi connectivity index (χ0v) is 17.6. The average Bonchev–Trinajstić information content (AvgIpc) is 3.06. The van der Waals surface area contributed by atoms with Gasteiger partial charge in [0.15, 0.2) is 0 Å². The van der Waals surface area contributed by atoms with E-state index in [1.165, 1.54) is 38.5 Å². The molecule has 3 rings (SSSR count). The second-order valence-electron chi connectivity index (χ2n) is 6.74. The monoisotopic (exact) mass is 430 g/mol. The largest absolute Gasteiger partial charge is 0.331 e. The van der Waals surface area contributed by atoms with Gasteiger partial charge in [-0.1, -0.05) is 6.07 Å². The van der Waals surface area contributed by atoms with Gasteiger partial charge in [0, 0.05) is 40.2 Å². The van der Waals surface area contributed by atoms with Crippen molar-refractivity contribution >= 4 is 32.9 Å². The second kappa shape index (κ2) is 8.59. The summed E-state index contributed by atoms with van der Waals surface area (Å²) in [7, 11) is 1.17. The fourth-order valence-corrected chi connectivity index (χ4v) is 3.72. The summed E-state index contributed by atoms with van der Waals surface area (Å²) >= 11 is 0. The van der Waals surface area contributed by atoms with E-state index in [1.807, 2.05) is 0 Å². The van der Waals surface area contributed by atoms with Crippen molar-refractivity contribution in [1.82, 2.24) is 29.7 Å². The van der Waals surface area contributed by atoms with Crippen LogP contribution in [0.3, 0.4) is 0 Å². The molecular weight excluding hydrogens is 408 g/mol. The molecule has 0 fully saturated rings. The maximum atomic E-state index is 12.3. The lowest BCUT2D eigenvalue weighted by Gasteiger charge is -2.10. The molecule has 2 heterocycles. The Hall–Kier alpha value is -3.31. The lowest BCUT2D eigenvalue weighted by atomic mass is 10.3. The van der Waals surface area contributed by atoms with E-state index in [1.54, 1.807) is 29.8 Å². The minimum Gasteiger partial charge on any atom is -0.331 e. The number of carbonyl (C=O) groups excluding carboxylic acids is 2. The Labute approximate surface area is 173 Å². The molecule has 158 valence electrons. The molecule has 11 heteroatoms. The van der Waals surface area contributed by atoms with Crippen molar-refractivity contribution < 1.29 is 18.0 Å². The number of hydrogen-bond donors (Lipinski definition) is 2. The van der Waals surface area contributed by atoms with Crippen LogP contribution in [0.2, 0.25) is 0 Å². The van der Waals surface area contributed by atoms with Crippen LogP contribution in [0.25, 0.3) is 11.0 Å². The van der Waals surface area contributed by atoms with Crippen LogP contribution in [0, 0.1) is 0 Å². The van der Waals surface area contributed by atoms with Crippen LogP contribution in [0.5, 0.6) is 0 Å². The first-order valence-electron chi connectivity index (χ1n) is 9.08. The first-order chi connectivity index (χ1) is 14.2. The third-order valence-corrected chi connectivity index (χ3v) is 6.32. The highest BCUT2D eigenvalue weighted by Crippen LogP contribution is 2.21. The second-order valence-corrected chi connectivity index (χ2v) is 8.89. The van der Waals surface area contributed by atoms with Gasteiger partial charge >= 0.3 is 0 Å². The number of nitrogens with zero attached hydrogens (tertiary/aromatic N) is 4. The standard InChI is InChI=1S/C19H22N6O4S/c1-24(2)30(28,29)13-7-8-16-15(12-13)21-17(25(16)3)9-10-18(26)22-23-19(27)14-6-4-5-11-20-14/h4-8,11-12H,9-10H2,1-3H3,(H,22,26)(H,23,27). The number of hydrazine groups is 1. The molecule has 1 aromatic carbocycles. The lowest BCUT2D eigenvalue weighted by molar-refractivity contribution is -0.121. The molecular formula is C19H22N6O4S. The van der Waals surface area contributed by atoms with Gasteiger partial charge in [-0.15, -0.1) is 0 Å². The Morgan fingerprint density at radius 1 is 1.13 bits per heavy atom. The Bertz CT molecular complexity index is 1190. The predicted octanol–water partition coefficient (Wildman–Crippen LogP) is 0.612. The summed E-state index contributed by atoms with van der Waals surface area (Å²) < 4.78 is 27.6. The number of aryl methyl sites for hydroxylation is 2. The van der Waals surface area contributed by atoms with Crippen LogP contribution in [-0.2, 0) is 28.3 Å². The number of benzene rings is 1. The number of amides is 2. The van der Waals surface area contributed by atoms with Crippen LogP contribution in [0.4, 0.5) is 0 Å². The molecule has 0 bridgehead atoms. The van der Waals surface area contributed by atoms with E-state index < -0.39 is 15.9 Å². The van der Waals surface area contributed by atoms with Crippen LogP contribution < -0.4 is 10.9 Å². The van der Waals surface area contributed by atoms with E-state index in [9.17, 15) is 18.0 Å². The van der Waals surface area contributed by atoms with Gasteiger partial charge in [-0.05, 0) is 30.3 Å². The molecule has 2 N–H and O–H groups in total. The molecule has 30 heavy (non-hydrogen) atoms. The van der Waals surface area contributed by atoms with Gasteiger partial charge in [0.1, 0.15) is 11.5 Å². The number of hydrogen-bond acceptors (Lipinski definition) is 6. The molecule has 10 nitrogen and oxygen atoms in total. The van der Waals surface area contributed by atoms with Crippen LogP contribution in [0.1, 0.15) is 22.7 Å². The van der Waals surface area contributed by atoms with Crippen molar-refractivity contribution in [2.24, 2.45) is 7.05 Å². The Morgan fingerprint density at radius 3 is 2.57 bits per heavy atom. The van der Waals surface area contributed by atoms with Crippen molar-refractivity contribution in [2.45, 2.75) is 17.7 Å². The molecule has 0 aliphatic rings. The van der Waals surface area contributed by atoms with Crippen LogP contribution in [-0.4, -0.2) is 53.2 Å². The smallest absolute Gasteiger partial charge is 0.288 e. The topological polar surface area (TPSA) is 126 Å². The molecule has 0 unspecified atom stereocenters. The zero-order chi connectivity index (χ0) is 21.9. The molecule has 0 aliphatic heterocycles. The van der Waals surface area contributed by atoms with Crippen LogP contribution in [0.15, 0.2) is 47.5 Å². The van der Waals surface area contributed by atoms with Gasteiger partial charge in [0.2, 0.25) is 15.9 Å². The maximum Gasteiger partial charge on any atom is 0.288 e. The van der Waals surface area contributed by atoms with Crippen molar-refractivity contribution in [3.8, 4) is 0 Å². The minimum absolute atomic E-state index is 0.0858. The normalized spacial score (nSPS) is 11.6. The summed E-state index contributed by atoms with van der Waals surface area (Å²) in [5.74, 6) is -0.279. The minimum atomic E-state index is -3.56. The highest BCUT2D eigenvalue weighted by atomic mass is 32.2. The summed E-state index contributed by atoms with van der Waals surface area (Å²) in [6.45, 7) is 0. The van der Waals surface area contributed by atoms with E-state index in [-0.39, 0.29) is 22.9 Å². The van der Waals surface area contributed by atoms with Gasteiger partial charge in [0.05, 0.1) is 15.9 Å². The van der Waals surface area contributed by atoms with Crippen LogP contribution >= 0.6 is 0 Å². The highest BCUT2D eigenvalue weighted by Gasteiger charge is 2.19. The lowest BCUT2D eigenvalue weighted by Crippen LogP contribution is -2.42. The number of aromatic nitrogens is 3. The SMILES string of the molecule is CN(C)S(=O)(=O)c1ccc2c(c1)nc(CCC(=O)NNC(=O)c1ccccn1)n2C. The van der Waals surface area contributed by atoms with Gasteiger partial charge in [-0.2, -0.15) is 0 Å². The van der Waals surface area contributed by atoms with Gasteiger partial charge in [0.25, 0.3) is 5.91 Å². The quantitative estimate of drug-likeness (QED) is 0.552. The number of carbonyl (C=O) groups is 2. The Balaban J connectivity index is 1.65. The maximum absolute atomic E-state index is 12.3. The molecule has 0 saturated heterocycles. The first kappa shape index (κ1) is 21.4. The molecule has 2 aromatic heterocycles. The van der Waals surface area contributed by atoms with Crippen molar-refractivity contribution in [2.75, 3.05) is 14.1 Å². The van der Waals surface area contributed by atoms with E-state index in [0.29, 0.717) is 17.8 Å². The Kier molecular flexibility index (Phi) is 6.13. The van der Waals surface area contributed by atoms with Crippen molar-refractivity contribution in [3.05, 3.63) is 54.1 Å². The van der Waals surface area contributed by atoms with E-state index in [4.69, 9.17) is 0 Å². The first-order valence-corrected chi connectivity index (χ1v) is 10.5. The summed E-state index contributed by atoms with van der Waals surface area (Å²) in [5.41, 5.74) is 6.13. The number of imidazole rings is 1. The number of fused-ring (bicyclic) bond motifs is 1. The molecule has 2 amide bonds. The third-order valence-electron chi connectivity index (χ3n) is 4.51.